The van der Waals surface area contributed by atoms with Crippen LogP contribution in [-0.2, 0) is 13.1 Å². The Morgan fingerprint density at radius 2 is 1.63 bits per heavy atom. The molecule has 0 radical (unpaired) electrons. The highest BCUT2D eigenvalue weighted by molar-refractivity contribution is 5.94. The van der Waals surface area contributed by atoms with E-state index in [2.05, 4.69) is 10.6 Å². The van der Waals surface area contributed by atoms with Crippen molar-refractivity contribution in [2.24, 2.45) is 0 Å². The Morgan fingerprint density at radius 1 is 1.00 bits per heavy atom. The normalized spacial score (nSPS) is 10.8. The smallest absolute Gasteiger partial charge is 0.315 e. The second-order valence-corrected chi connectivity index (χ2v) is 7.09. The van der Waals surface area contributed by atoms with Crippen LogP contribution < -0.4 is 15.4 Å². The van der Waals surface area contributed by atoms with E-state index in [0.29, 0.717) is 17.9 Å². The maximum Gasteiger partial charge on any atom is 0.315 e. The number of urea groups is 1. The van der Waals surface area contributed by atoms with Crippen LogP contribution in [0.1, 0.15) is 35.3 Å². The Kier molecular flexibility index (Phi) is 8.58. The van der Waals surface area contributed by atoms with Gasteiger partial charge in [0.25, 0.3) is 12.3 Å². The van der Waals surface area contributed by atoms with Crippen LogP contribution in [0.3, 0.4) is 0 Å². The van der Waals surface area contributed by atoms with Crippen molar-refractivity contribution in [1.29, 1.82) is 0 Å². The van der Waals surface area contributed by atoms with Crippen LogP contribution in [0.2, 0.25) is 0 Å². The van der Waals surface area contributed by atoms with Gasteiger partial charge >= 0.3 is 6.03 Å². The van der Waals surface area contributed by atoms with E-state index in [4.69, 9.17) is 4.74 Å². The molecule has 2 rings (SSSR count). The molecule has 3 amide bonds. The quantitative estimate of drug-likeness (QED) is 0.649. The Bertz CT molecular complexity index is 842. The first-order chi connectivity index (χ1) is 14.3. The molecule has 2 N–H and O–H groups in total. The molecule has 0 aliphatic carbocycles. The lowest BCUT2D eigenvalue weighted by Gasteiger charge is -2.21. The molecule has 0 fully saturated rings. The summed E-state index contributed by atoms with van der Waals surface area (Å²) in [4.78, 5) is 26.0. The monoisotopic (exact) mass is 419 g/mol. The number of rotatable bonds is 9. The largest absolute Gasteiger partial charge is 0.488 e. The number of carbonyl (C=O) groups is 2. The van der Waals surface area contributed by atoms with Gasteiger partial charge in [0.1, 0.15) is 12.4 Å². The molecule has 0 spiro atoms. The van der Waals surface area contributed by atoms with Gasteiger partial charge in [-0.2, -0.15) is 0 Å². The number of ether oxygens (including phenoxy) is 1. The number of hydrogen-bond donors (Lipinski definition) is 2. The third kappa shape index (κ3) is 7.35. The van der Waals surface area contributed by atoms with Crippen molar-refractivity contribution in [3.63, 3.8) is 0 Å². The molecule has 2 aromatic carbocycles. The molecular weight excluding hydrogens is 392 g/mol. The van der Waals surface area contributed by atoms with Gasteiger partial charge in [-0.15, -0.1) is 0 Å². The summed E-state index contributed by atoms with van der Waals surface area (Å²) in [7, 11) is 1.76. The molecule has 2 aromatic rings. The van der Waals surface area contributed by atoms with Gasteiger partial charge in [0.2, 0.25) is 0 Å². The molecule has 6 nitrogen and oxygen atoms in total. The summed E-state index contributed by atoms with van der Waals surface area (Å²) in [5, 5.41) is 5.44. The van der Waals surface area contributed by atoms with Crippen molar-refractivity contribution >= 4 is 11.9 Å². The van der Waals surface area contributed by atoms with E-state index >= 15 is 0 Å². The zero-order valence-electron chi connectivity index (χ0n) is 17.3. The third-order valence-corrected chi connectivity index (χ3v) is 4.48. The van der Waals surface area contributed by atoms with E-state index in [-0.39, 0.29) is 24.5 Å². The number of halogens is 2. The fourth-order valence-corrected chi connectivity index (χ4v) is 2.53. The number of carbonyl (C=O) groups excluding carboxylic acids is 2. The summed E-state index contributed by atoms with van der Waals surface area (Å²) in [6.45, 7) is 3.75. The molecule has 0 aliphatic heterocycles. The minimum Gasteiger partial charge on any atom is -0.488 e. The van der Waals surface area contributed by atoms with Gasteiger partial charge in [-0.25, -0.2) is 13.6 Å². The Labute approximate surface area is 175 Å². The Hall–Kier alpha value is -3.16. The van der Waals surface area contributed by atoms with Gasteiger partial charge in [-0.1, -0.05) is 24.3 Å². The van der Waals surface area contributed by atoms with E-state index in [9.17, 15) is 18.4 Å². The summed E-state index contributed by atoms with van der Waals surface area (Å²) in [5.74, 6) is 0.273. The highest BCUT2D eigenvalue weighted by Crippen LogP contribution is 2.14. The van der Waals surface area contributed by atoms with Crippen LogP contribution in [0.5, 0.6) is 5.75 Å². The number of alkyl halides is 2. The topological polar surface area (TPSA) is 70.7 Å². The number of amides is 3. The van der Waals surface area contributed by atoms with Crippen molar-refractivity contribution in [3.8, 4) is 5.75 Å². The maximum atomic E-state index is 12.3. The molecule has 0 aliphatic rings. The first-order valence-electron chi connectivity index (χ1n) is 9.64. The lowest BCUT2D eigenvalue weighted by molar-refractivity contribution is 0.0754. The fraction of sp³-hybridized carbons (Fsp3) is 0.364. The summed E-state index contributed by atoms with van der Waals surface area (Å²) < 4.78 is 29.4. The van der Waals surface area contributed by atoms with Crippen LogP contribution in [-0.4, -0.2) is 43.0 Å². The molecule has 0 aromatic heterocycles. The Balaban J connectivity index is 1.79. The van der Waals surface area contributed by atoms with Crippen LogP contribution >= 0.6 is 0 Å². The molecule has 0 heterocycles. The number of hydrogen-bond acceptors (Lipinski definition) is 3. The predicted molar refractivity (Wildman–Crippen MR) is 111 cm³/mol. The van der Waals surface area contributed by atoms with Crippen LogP contribution in [0.25, 0.3) is 0 Å². The van der Waals surface area contributed by atoms with E-state index in [1.54, 1.807) is 60.5 Å². The maximum absolute atomic E-state index is 12.3. The van der Waals surface area contributed by atoms with Gasteiger partial charge in [0.05, 0.1) is 0 Å². The lowest BCUT2D eigenvalue weighted by atomic mass is 10.1. The number of nitrogens with one attached hydrogen (secondary N) is 2. The first kappa shape index (κ1) is 23.1. The van der Waals surface area contributed by atoms with Gasteiger partial charge in [-0.05, 0) is 49.2 Å². The highest BCUT2D eigenvalue weighted by Gasteiger charge is 2.14. The summed E-state index contributed by atoms with van der Waals surface area (Å²) in [5.41, 5.74) is 2.18. The Morgan fingerprint density at radius 3 is 2.23 bits per heavy atom. The molecule has 0 saturated carbocycles. The third-order valence-electron chi connectivity index (χ3n) is 4.48. The van der Waals surface area contributed by atoms with E-state index in [1.165, 1.54) is 0 Å². The second-order valence-electron chi connectivity index (χ2n) is 7.09. The van der Waals surface area contributed by atoms with Gasteiger partial charge in [-0.3, -0.25) is 4.79 Å². The highest BCUT2D eigenvalue weighted by atomic mass is 19.3. The average molecular weight is 419 g/mol. The van der Waals surface area contributed by atoms with Crippen molar-refractivity contribution in [1.82, 2.24) is 15.5 Å². The SMILES string of the molecule is CC(C)N(C)C(=O)c1ccc(CNC(=O)NCc2cccc(OCC(F)F)c2)cc1. The summed E-state index contributed by atoms with van der Waals surface area (Å²) >= 11 is 0. The van der Waals surface area contributed by atoms with Crippen LogP contribution in [0, 0.1) is 0 Å². The van der Waals surface area contributed by atoms with E-state index < -0.39 is 13.0 Å². The van der Waals surface area contributed by atoms with Crippen molar-refractivity contribution in [2.75, 3.05) is 13.7 Å². The van der Waals surface area contributed by atoms with Crippen LogP contribution in [0.15, 0.2) is 48.5 Å². The molecule has 0 atom stereocenters. The second kappa shape index (κ2) is 11.1. The lowest BCUT2D eigenvalue weighted by Crippen LogP contribution is -2.34. The van der Waals surface area contributed by atoms with Gasteiger partial charge in [0, 0.05) is 31.7 Å². The van der Waals surface area contributed by atoms with Crippen molar-refractivity contribution < 1.29 is 23.1 Å². The predicted octanol–water partition coefficient (Wildman–Crippen LogP) is 3.81. The average Bonchev–Trinajstić information content (AvgIpc) is 2.74. The molecule has 0 unspecified atom stereocenters. The fourth-order valence-electron chi connectivity index (χ4n) is 2.53. The van der Waals surface area contributed by atoms with Gasteiger partial charge in [0.15, 0.2) is 0 Å². The van der Waals surface area contributed by atoms with E-state index in [1.807, 2.05) is 13.8 Å². The summed E-state index contributed by atoms with van der Waals surface area (Å²) in [6.07, 6.45) is -2.54. The van der Waals surface area contributed by atoms with Crippen molar-refractivity contribution in [3.05, 3.63) is 65.2 Å². The molecule has 0 bridgehead atoms. The molecule has 8 heteroatoms. The summed E-state index contributed by atoms with van der Waals surface area (Å²) in [6, 6.07) is 13.4. The standard InChI is InChI=1S/C22H27F2N3O3/c1-15(2)27(3)21(28)18-9-7-16(8-10-18)12-25-22(29)26-13-17-5-4-6-19(11-17)30-14-20(23)24/h4-11,15,20H,12-14H2,1-3H3,(H2,25,26,29). The van der Waals surface area contributed by atoms with Crippen molar-refractivity contribution in [2.45, 2.75) is 39.4 Å². The number of benzene rings is 2. The molecular formula is C22H27F2N3O3. The molecule has 30 heavy (non-hydrogen) atoms. The minimum absolute atomic E-state index is 0.0537. The zero-order valence-corrected chi connectivity index (χ0v) is 17.3. The molecule has 162 valence electrons. The molecule has 0 saturated heterocycles. The van der Waals surface area contributed by atoms with Gasteiger partial charge < -0.3 is 20.3 Å². The first-order valence-corrected chi connectivity index (χ1v) is 9.64. The minimum atomic E-state index is -2.54. The van der Waals surface area contributed by atoms with Crippen LogP contribution in [0.4, 0.5) is 13.6 Å². The number of nitrogens with zero attached hydrogens (tertiary/aromatic N) is 1. The zero-order chi connectivity index (χ0) is 22.1. The van der Waals surface area contributed by atoms with E-state index in [0.717, 1.165) is 11.1 Å².